The summed E-state index contributed by atoms with van der Waals surface area (Å²) >= 11 is 0. The smallest absolute Gasteiger partial charge is 0.0785 e. The summed E-state index contributed by atoms with van der Waals surface area (Å²) in [6.07, 6.45) is 3.97. The highest BCUT2D eigenvalue weighted by atomic mass is 19.1. The van der Waals surface area contributed by atoms with Crippen LogP contribution in [0, 0.1) is 0 Å². The quantitative estimate of drug-likeness (QED) is 0.326. The van der Waals surface area contributed by atoms with Crippen LogP contribution in [0.1, 0.15) is 22.3 Å². The van der Waals surface area contributed by atoms with Gasteiger partial charge < -0.3 is 0 Å². The molecular weight excluding hydrogens is 333 g/mol. The molecule has 1 nitrogen and oxygen atoms in total. The van der Waals surface area contributed by atoms with Gasteiger partial charge in [0, 0.05) is 12.4 Å². The van der Waals surface area contributed by atoms with Gasteiger partial charge in [0.15, 0.2) is 0 Å². The Hall–Kier alpha value is -3.26. The molecule has 130 valence electrons. The maximum absolute atomic E-state index is 9.50. The van der Waals surface area contributed by atoms with Gasteiger partial charge >= 0.3 is 0 Å². The van der Waals surface area contributed by atoms with E-state index in [1.807, 2.05) is 6.20 Å². The second-order valence-electron chi connectivity index (χ2n) is 6.81. The summed E-state index contributed by atoms with van der Waals surface area (Å²) in [5.74, 6) is 0. The summed E-state index contributed by atoms with van der Waals surface area (Å²) in [6, 6.07) is 28.6. The SMILES string of the molecule is CF.c1ccc2c(c1)-c1ccccc1C21c2ccccc2-c2ccncc21. The van der Waals surface area contributed by atoms with E-state index in [1.165, 1.54) is 44.5 Å². The van der Waals surface area contributed by atoms with E-state index < -0.39 is 0 Å². The highest BCUT2D eigenvalue weighted by molar-refractivity contribution is 5.94. The maximum Gasteiger partial charge on any atom is 0.0785 e. The fourth-order valence-electron chi connectivity index (χ4n) is 4.93. The molecule has 0 atom stereocenters. The fourth-order valence-corrected chi connectivity index (χ4v) is 4.93. The molecule has 0 saturated carbocycles. The molecule has 1 aromatic heterocycles. The van der Waals surface area contributed by atoms with E-state index in [-0.39, 0.29) is 5.41 Å². The van der Waals surface area contributed by atoms with E-state index >= 15 is 0 Å². The lowest BCUT2D eigenvalue weighted by molar-refractivity contribution is 0.636. The molecule has 0 bridgehead atoms. The Balaban J connectivity index is 0.000000777. The Labute approximate surface area is 158 Å². The number of benzene rings is 3. The van der Waals surface area contributed by atoms with Crippen LogP contribution in [0.15, 0.2) is 91.3 Å². The molecule has 1 heterocycles. The van der Waals surface area contributed by atoms with Gasteiger partial charge in [-0.25, -0.2) is 0 Å². The monoisotopic (exact) mass is 351 g/mol. The van der Waals surface area contributed by atoms with Crippen LogP contribution in [0.2, 0.25) is 0 Å². The molecule has 3 aromatic carbocycles. The number of nitrogens with zero attached hydrogens (tertiary/aromatic N) is 1. The molecule has 27 heavy (non-hydrogen) atoms. The summed E-state index contributed by atoms with van der Waals surface area (Å²) in [7, 11) is 0.500. The summed E-state index contributed by atoms with van der Waals surface area (Å²) in [4.78, 5) is 4.50. The van der Waals surface area contributed by atoms with Gasteiger partial charge in [0.25, 0.3) is 0 Å². The zero-order chi connectivity index (χ0) is 18.4. The number of pyridine rings is 1. The van der Waals surface area contributed by atoms with Gasteiger partial charge in [0.1, 0.15) is 0 Å². The first-order valence-electron chi connectivity index (χ1n) is 9.04. The van der Waals surface area contributed by atoms with Crippen LogP contribution in [-0.2, 0) is 5.41 Å². The average Bonchev–Trinajstić information content (AvgIpc) is 3.23. The normalized spacial score (nSPS) is 13.9. The Morgan fingerprint density at radius 1 is 0.556 bits per heavy atom. The predicted molar refractivity (Wildman–Crippen MR) is 108 cm³/mol. The summed E-state index contributed by atoms with van der Waals surface area (Å²) in [5.41, 5.74) is 10.5. The van der Waals surface area contributed by atoms with Crippen molar-refractivity contribution >= 4 is 0 Å². The highest BCUT2D eigenvalue weighted by Gasteiger charge is 2.51. The molecule has 0 unspecified atom stereocenters. The van der Waals surface area contributed by atoms with Gasteiger partial charge in [-0.05, 0) is 50.6 Å². The molecule has 6 rings (SSSR count). The van der Waals surface area contributed by atoms with Crippen LogP contribution in [0.4, 0.5) is 4.39 Å². The summed E-state index contributed by atoms with van der Waals surface area (Å²) < 4.78 is 9.50. The lowest BCUT2D eigenvalue weighted by atomic mass is 9.71. The number of alkyl halides is 1. The Bertz CT molecular complexity index is 975. The Morgan fingerprint density at radius 2 is 0.963 bits per heavy atom. The van der Waals surface area contributed by atoms with Gasteiger partial charge in [-0.15, -0.1) is 0 Å². The third-order valence-electron chi connectivity index (χ3n) is 5.80. The van der Waals surface area contributed by atoms with Crippen molar-refractivity contribution in [3.63, 3.8) is 0 Å². The van der Waals surface area contributed by atoms with E-state index in [0.717, 1.165) is 0 Å². The molecule has 2 heteroatoms. The van der Waals surface area contributed by atoms with Crippen molar-refractivity contribution in [1.82, 2.24) is 4.98 Å². The molecule has 0 aliphatic heterocycles. The van der Waals surface area contributed by atoms with E-state index in [9.17, 15) is 4.39 Å². The second-order valence-corrected chi connectivity index (χ2v) is 6.81. The van der Waals surface area contributed by atoms with Crippen molar-refractivity contribution < 1.29 is 4.39 Å². The third kappa shape index (κ3) is 1.85. The summed E-state index contributed by atoms with van der Waals surface area (Å²) in [6.45, 7) is 0. The Morgan fingerprint density at radius 3 is 1.44 bits per heavy atom. The number of hydrogen-bond donors (Lipinski definition) is 0. The maximum atomic E-state index is 9.50. The standard InChI is InChI=1S/C24H15N.CH3F/c1-4-10-20-16(7-1)17-8-2-5-11-21(17)24(20)22-12-6-3-9-18(22)19-13-14-25-15-23(19)24;1-2/h1-15H;1H3. The van der Waals surface area contributed by atoms with Crippen molar-refractivity contribution in [3.05, 3.63) is 114 Å². The molecule has 4 aromatic rings. The molecule has 1 spiro atoms. The van der Waals surface area contributed by atoms with Gasteiger partial charge in [-0.1, -0.05) is 72.8 Å². The number of hydrogen-bond acceptors (Lipinski definition) is 1. The van der Waals surface area contributed by atoms with Gasteiger partial charge in [-0.3, -0.25) is 9.37 Å². The van der Waals surface area contributed by atoms with Crippen LogP contribution in [0.5, 0.6) is 0 Å². The molecule has 0 amide bonds. The van der Waals surface area contributed by atoms with E-state index in [0.29, 0.717) is 7.18 Å². The largest absolute Gasteiger partial charge is 0.264 e. The number of rotatable bonds is 0. The highest BCUT2D eigenvalue weighted by Crippen LogP contribution is 2.62. The van der Waals surface area contributed by atoms with Crippen molar-refractivity contribution in [1.29, 1.82) is 0 Å². The molecule has 0 N–H and O–H groups in total. The van der Waals surface area contributed by atoms with Crippen LogP contribution in [0.25, 0.3) is 22.3 Å². The zero-order valence-corrected chi connectivity index (χ0v) is 15.0. The first-order chi connectivity index (χ1) is 13.4. The molecule has 2 aliphatic rings. The van der Waals surface area contributed by atoms with E-state index in [1.54, 1.807) is 0 Å². The first kappa shape index (κ1) is 16.0. The van der Waals surface area contributed by atoms with Gasteiger partial charge in [-0.2, -0.15) is 0 Å². The van der Waals surface area contributed by atoms with Crippen LogP contribution >= 0.6 is 0 Å². The predicted octanol–water partition coefficient (Wildman–Crippen LogP) is 6.01. The molecule has 0 saturated heterocycles. The van der Waals surface area contributed by atoms with E-state index in [2.05, 4.69) is 90.0 Å². The minimum atomic E-state index is -0.243. The van der Waals surface area contributed by atoms with Crippen molar-refractivity contribution in [2.75, 3.05) is 7.18 Å². The first-order valence-corrected chi connectivity index (χ1v) is 9.04. The summed E-state index contributed by atoms with van der Waals surface area (Å²) in [5, 5.41) is 0. The molecule has 2 aliphatic carbocycles. The lowest BCUT2D eigenvalue weighted by Crippen LogP contribution is -2.25. The Kier molecular flexibility index (Phi) is 3.48. The lowest BCUT2D eigenvalue weighted by Gasteiger charge is -2.29. The third-order valence-corrected chi connectivity index (χ3v) is 5.80. The minimum absolute atomic E-state index is 0.243. The van der Waals surface area contributed by atoms with Crippen molar-refractivity contribution in [2.24, 2.45) is 0 Å². The average molecular weight is 351 g/mol. The minimum Gasteiger partial charge on any atom is -0.264 e. The van der Waals surface area contributed by atoms with Gasteiger partial charge in [0.05, 0.1) is 12.6 Å². The number of fused-ring (bicyclic) bond motifs is 10. The van der Waals surface area contributed by atoms with Crippen molar-refractivity contribution in [2.45, 2.75) is 5.41 Å². The molecule has 0 radical (unpaired) electrons. The van der Waals surface area contributed by atoms with Crippen LogP contribution in [0.3, 0.4) is 0 Å². The van der Waals surface area contributed by atoms with Crippen LogP contribution < -0.4 is 0 Å². The molecule has 0 fully saturated rings. The molecular formula is C25H18FN. The topological polar surface area (TPSA) is 12.9 Å². The van der Waals surface area contributed by atoms with Crippen LogP contribution in [-0.4, -0.2) is 12.2 Å². The van der Waals surface area contributed by atoms with Gasteiger partial charge in [0.2, 0.25) is 0 Å². The zero-order valence-electron chi connectivity index (χ0n) is 15.0. The second kappa shape index (κ2) is 5.88. The van der Waals surface area contributed by atoms with E-state index in [4.69, 9.17) is 0 Å². The number of aromatic nitrogens is 1. The fraction of sp³-hybridized carbons (Fsp3) is 0.0800. The number of halogens is 1. The van der Waals surface area contributed by atoms with Crippen molar-refractivity contribution in [3.8, 4) is 22.3 Å².